The van der Waals surface area contributed by atoms with Crippen LogP contribution in [0.15, 0.2) is 46.9 Å². The monoisotopic (exact) mass is 438 g/mol. The Labute approximate surface area is 183 Å². The second-order valence-electron chi connectivity index (χ2n) is 7.34. The van der Waals surface area contributed by atoms with Gasteiger partial charge in [-0.05, 0) is 37.1 Å². The summed E-state index contributed by atoms with van der Waals surface area (Å²) < 4.78 is 23.5. The number of thiazole rings is 1. The number of hydrogen-bond acceptors (Lipinski definition) is 7. The number of benzene rings is 2. The molecule has 1 atom stereocenters. The van der Waals surface area contributed by atoms with E-state index in [0.717, 1.165) is 28.4 Å². The number of carbonyl (C=O) groups is 1. The van der Waals surface area contributed by atoms with Gasteiger partial charge in [-0.2, -0.15) is 0 Å². The Bertz CT molecular complexity index is 1240. The Morgan fingerprint density at radius 2 is 2.00 bits per heavy atom. The van der Waals surface area contributed by atoms with E-state index in [1.165, 1.54) is 11.3 Å². The largest absolute Gasteiger partial charge is 0.494 e. The van der Waals surface area contributed by atoms with Gasteiger partial charge in [0.1, 0.15) is 11.3 Å². The standard InChI is InChI=1S/C23H22N2O5S/c1-27-16-8-4-10-19-20(16)24-23(31-19)25(13-15-7-5-11-29-15)22(26)18-12-14-6-3-9-17(28-2)21(14)30-18/h3-4,6,8-10,12,15H,5,7,11,13H2,1-2H3. The number of aromatic nitrogens is 1. The fourth-order valence-electron chi connectivity index (χ4n) is 3.87. The van der Waals surface area contributed by atoms with Crippen LogP contribution in [0.3, 0.4) is 0 Å². The molecule has 2 aromatic heterocycles. The maximum atomic E-state index is 13.6. The molecule has 0 spiro atoms. The van der Waals surface area contributed by atoms with E-state index in [1.54, 1.807) is 25.2 Å². The van der Waals surface area contributed by atoms with Crippen molar-refractivity contribution in [3.8, 4) is 11.5 Å². The van der Waals surface area contributed by atoms with E-state index in [1.807, 2.05) is 36.4 Å². The number of amides is 1. The highest BCUT2D eigenvalue weighted by Gasteiger charge is 2.29. The van der Waals surface area contributed by atoms with Gasteiger partial charge >= 0.3 is 0 Å². The maximum Gasteiger partial charge on any atom is 0.295 e. The fourth-order valence-corrected chi connectivity index (χ4v) is 4.86. The van der Waals surface area contributed by atoms with Gasteiger partial charge in [-0.15, -0.1) is 0 Å². The molecule has 2 aromatic carbocycles. The first-order valence-electron chi connectivity index (χ1n) is 10.1. The Hall–Kier alpha value is -3.10. The third-order valence-corrected chi connectivity index (χ3v) is 6.46. The molecular formula is C23H22N2O5S. The first kappa shape index (κ1) is 19.8. The maximum absolute atomic E-state index is 13.6. The second-order valence-corrected chi connectivity index (χ2v) is 8.35. The number of carbonyl (C=O) groups excluding carboxylic acids is 1. The highest BCUT2D eigenvalue weighted by molar-refractivity contribution is 7.22. The van der Waals surface area contributed by atoms with Crippen molar-refractivity contribution in [3.63, 3.8) is 0 Å². The SMILES string of the molecule is COc1cccc2sc(N(CC3CCCO3)C(=O)c3cc4cccc(OC)c4o3)nc12. The molecule has 1 aliphatic heterocycles. The van der Waals surface area contributed by atoms with E-state index in [9.17, 15) is 4.79 Å². The van der Waals surface area contributed by atoms with E-state index in [2.05, 4.69) is 0 Å². The summed E-state index contributed by atoms with van der Waals surface area (Å²) in [6.07, 6.45) is 1.87. The average molecular weight is 439 g/mol. The molecule has 0 saturated carbocycles. The van der Waals surface area contributed by atoms with Crippen molar-refractivity contribution in [1.82, 2.24) is 4.98 Å². The second kappa shape index (κ2) is 8.20. The van der Waals surface area contributed by atoms with Gasteiger partial charge in [0.2, 0.25) is 0 Å². The Morgan fingerprint density at radius 3 is 2.77 bits per heavy atom. The van der Waals surface area contributed by atoms with Crippen LogP contribution in [-0.2, 0) is 4.74 Å². The van der Waals surface area contributed by atoms with E-state index in [0.29, 0.717) is 35.4 Å². The van der Waals surface area contributed by atoms with Crippen LogP contribution in [0.2, 0.25) is 0 Å². The average Bonchev–Trinajstić information content (AvgIpc) is 3.55. The van der Waals surface area contributed by atoms with Crippen molar-refractivity contribution in [2.75, 3.05) is 32.3 Å². The fraction of sp³-hybridized carbons (Fsp3) is 0.304. The molecule has 4 aromatic rings. The molecule has 7 nitrogen and oxygen atoms in total. The van der Waals surface area contributed by atoms with Crippen molar-refractivity contribution in [2.45, 2.75) is 18.9 Å². The van der Waals surface area contributed by atoms with Crippen LogP contribution in [0.25, 0.3) is 21.2 Å². The summed E-state index contributed by atoms with van der Waals surface area (Å²) in [5.74, 6) is 1.25. The van der Waals surface area contributed by atoms with E-state index >= 15 is 0 Å². The molecule has 0 bridgehead atoms. The third kappa shape index (κ3) is 3.62. The molecule has 5 rings (SSSR count). The van der Waals surface area contributed by atoms with Crippen molar-refractivity contribution in [3.05, 3.63) is 48.2 Å². The number of hydrogen-bond donors (Lipinski definition) is 0. The lowest BCUT2D eigenvalue weighted by Crippen LogP contribution is -2.37. The van der Waals surface area contributed by atoms with Gasteiger partial charge in [-0.25, -0.2) is 4.98 Å². The number of anilines is 1. The molecule has 8 heteroatoms. The minimum absolute atomic E-state index is 0.0308. The van der Waals surface area contributed by atoms with Crippen molar-refractivity contribution >= 4 is 43.6 Å². The predicted molar refractivity (Wildman–Crippen MR) is 120 cm³/mol. The highest BCUT2D eigenvalue weighted by atomic mass is 32.1. The molecule has 1 amide bonds. The normalized spacial score (nSPS) is 16.1. The first-order chi connectivity index (χ1) is 15.2. The number of methoxy groups -OCH3 is 2. The van der Waals surface area contributed by atoms with Crippen LogP contribution in [-0.4, -0.2) is 44.4 Å². The van der Waals surface area contributed by atoms with Gasteiger partial charge in [-0.1, -0.05) is 29.5 Å². The smallest absolute Gasteiger partial charge is 0.295 e. The zero-order valence-corrected chi connectivity index (χ0v) is 18.1. The molecule has 1 fully saturated rings. The molecule has 1 unspecified atom stereocenters. The third-order valence-electron chi connectivity index (χ3n) is 5.42. The van der Waals surface area contributed by atoms with Crippen LogP contribution in [0.4, 0.5) is 5.13 Å². The summed E-state index contributed by atoms with van der Waals surface area (Å²) in [6, 6.07) is 13.1. The summed E-state index contributed by atoms with van der Waals surface area (Å²) in [7, 11) is 3.20. The van der Waals surface area contributed by atoms with Gasteiger partial charge in [0.15, 0.2) is 22.2 Å². The molecule has 0 aliphatic carbocycles. The van der Waals surface area contributed by atoms with Gasteiger partial charge in [0.25, 0.3) is 5.91 Å². The minimum Gasteiger partial charge on any atom is -0.494 e. The minimum atomic E-state index is -0.258. The number of ether oxygens (including phenoxy) is 3. The topological polar surface area (TPSA) is 74.0 Å². The summed E-state index contributed by atoms with van der Waals surface area (Å²) in [5, 5.41) is 1.40. The van der Waals surface area contributed by atoms with Crippen LogP contribution < -0.4 is 14.4 Å². The first-order valence-corrected chi connectivity index (χ1v) is 10.9. The van der Waals surface area contributed by atoms with Crippen LogP contribution in [0.5, 0.6) is 11.5 Å². The quantitative estimate of drug-likeness (QED) is 0.427. The lowest BCUT2D eigenvalue weighted by atomic mass is 10.2. The number of para-hydroxylation sites is 2. The summed E-state index contributed by atoms with van der Waals surface area (Å²) in [6.45, 7) is 1.12. The number of fused-ring (bicyclic) bond motifs is 2. The molecule has 31 heavy (non-hydrogen) atoms. The van der Waals surface area contributed by atoms with Crippen LogP contribution >= 0.6 is 11.3 Å². The van der Waals surface area contributed by atoms with Crippen molar-refractivity contribution in [2.24, 2.45) is 0 Å². The van der Waals surface area contributed by atoms with Crippen LogP contribution in [0, 0.1) is 0 Å². The van der Waals surface area contributed by atoms with Gasteiger partial charge < -0.3 is 18.6 Å². The Balaban J connectivity index is 1.57. The van der Waals surface area contributed by atoms with E-state index in [-0.39, 0.29) is 17.8 Å². The Kier molecular flexibility index (Phi) is 5.25. The molecule has 3 heterocycles. The summed E-state index contributed by atoms with van der Waals surface area (Å²) >= 11 is 1.45. The summed E-state index contributed by atoms with van der Waals surface area (Å²) in [5.41, 5.74) is 1.29. The lowest BCUT2D eigenvalue weighted by Gasteiger charge is -2.22. The number of nitrogens with zero attached hydrogens (tertiary/aromatic N) is 2. The molecule has 0 radical (unpaired) electrons. The van der Waals surface area contributed by atoms with Gasteiger partial charge in [0, 0.05) is 12.0 Å². The molecule has 0 N–H and O–H groups in total. The zero-order chi connectivity index (χ0) is 21.4. The Morgan fingerprint density at radius 1 is 1.19 bits per heavy atom. The molecule has 1 aliphatic rings. The van der Waals surface area contributed by atoms with Crippen LogP contribution in [0.1, 0.15) is 23.4 Å². The van der Waals surface area contributed by atoms with Gasteiger partial charge in [0.05, 0.1) is 31.6 Å². The van der Waals surface area contributed by atoms with Gasteiger partial charge in [-0.3, -0.25) is 9.69 Å². The lowest BCUT2D eigenvalue weighted by molar-refractivity contribution is 0.0896. The van der Waals surface area contributed by atoms with Crippen molar-refractivity contribution < 1.29 is 23.4 Å². The number of rotatable bonds is 6. The molecule has 1 saturated heterocycles. The highest BCUT2D eigenvalue weighted by Crippen LogP contribution is 2.36. The number of furan rings is 1. The van der Waals surface area contributed by atoms with E-state index in [4.69, 9.17) is 23.6 Å². The van der Waals surface area contributed by atoms with E-state index < -0.39 is 0 Å². The molecular weight excluding hydrogens is 416 g/mol. The van der Waals surface area contributed by atoms with Crippen molar-refractivity contribution in [1.29, 1.82) is 0 Å². The predicted octanol–water partition coefficient (Wildman–Crippen LogP) is 4.89. The molecule has 160 valence electrons. The summed E-state index contributed by atoms with van der Waals surface area (Å²) in [4.78, 5) is 20.0. The zero-order valence-electron chi connectivity index (χ0n) is 17.3.